The first-order valence-corrected chi connectivity index (χ1v) is 9.94. The zero-order valence-electron chi connectivity index (χ0n) is 14.8. The molecule has 142 valence electrons. The molecule has 1 aliphatic rings. The van der Waals surface area contributed by atoms with Gasteiger partial charge in [0.1, 0.15) is 10.6 Å². The topological polar surface area (TPSA) is 92.8 Å². The molecule has 0 bridgehead atoms. The molecule has 27 heavy (non-hydrogen) atoms. The van der Waals surface area contributed by atoms with Gasteiger partial charge >= 0.3 is 0 Å². The molecule has 8 heteroatoms. The Labute approximate surface area is 158 Å². The lowest BCUT2D eigenvalue weighted by Gasteiger charge is -2.15. The van der Waals surface area contributed by atoms with Crippen molar-refractivity contribution in [3.05, 3.63) is 59.7 Å². The van der Waals surface area contributed by atoms with Crippen molar-refractivity contribution in [2.45, 2.75) is 17.7 Å². The van der Waals surface area contributed by atoms with E-state index in [1.54, 1.807) is 19.2 Å². The van der Waals surface area contributed by atoms with Gasteiger partial charge in [-0.2, -0.15) is 0 Å². The van der Waals surface area contributed by atoms with Crippen LogP contribution in [-0.4, -0.2) is 44.7 Å². The van der Waals surface area contributed by atoms with E-state index >= 15 is 0 Å². The molecule has 2 aromatic carbocycles. The van der Waals surface area contributed by atoms with Gasteiger partial charge in [0.2, 0.25) is 5.91 Å². The predicted molar refractivity (Wildman–Crippen MR) is 99.0 cm³/mol. The van der Waals surface area contributed by atoms with E-state index in [1.807, 2.05) is 24.3 Å². The zero-order valence-corrected chi connectivity index (χ0v) is 15.7. The maximum atomic E-state index is 12.4. The standard InChI is InChI=1S/C19H20N2O5S/c1-26-16-8-4-2-6-14(16)10-12-20-18(22)11-13-21-19(23)15-7-3-5-9-17(15)27(21,24)25/h2-9H,10-13H2,1H3,(H,20,22). The number of rotatable bonds is 7. The van der Waals surface area contributed by atoms with Crippen LogP contribution in [0.25, 0.3) is 0 Å². The van der Waals surface area contributed by atoms with Crippen LogP contribution >= 0.6 is 0 Å². The van der Waals surface area contributed by atoms with E-state index in [1.165, 1.54) is 12.1 Å². The third kappa shape index (κ3) is 3.80. The molecule has 7 nitrogen and oxygen atoms in total. The van der Waals surface area contributed by atoms with Gasteiger partial charge in [0.15, 0.2) is 0 Å². The van der Waals surface area contributed by atoms with E-state index in [-0.39, 0.29) is 29.3 Å². The van der Waals surface area contributed by atoms with Crippen LogP contribution in [0.2, 0.25) is 0 Å². The molecule has 0 radical (unpaired) electrons. The SMILES string of the molecule is COc1ccccc1CCNC(=O)CCN1C(=O)c2ccccc2S1(=O)=O. The van der Waals surface area contributed by atoms with Gasteiger partial charge in [-0.3, -0.25) is 9.59 Å². The smallest absolute Gasteiger partial charge is 0.269 e. The molecule has 0 atom stereocenters. The van der Waals surface area contributed by atoms with Gasteiger partial charge in [-0.25, -0.2) is 12.7 Å². The number of amides is 2. The highest BCUT2D eigenvalue weighted by Gasteiger charge is 2.40. The number of carbonyl (C=O) groups is 2. The highest BCUT2D eigenvalue weighted by atomic mass is 32.2. The fourth-order valence-electron chi connectivity index (χ4n) is 2.99. The summed E-state index contributed by atoms with van der Waals surface area (Å²) in [6.45, 7) is 0.205. The third-order valence-corrected chi connectivity index (χ3v) is 6.20. The minimum atomic E-state index is -3.88. The molecule has 2 aromatic rings. The van der Waals surface area contributed by atoms with Crippen LogP contribution in [-0.2, 0) is 21.2 Å². The number of sulfonamides is 1. The quantitative estimate of drug-likeness (QED) is 0.778. The number of nitrogens with one attached hydrogen (secondary N) is 1. The van der Waals surface area contributed by atoms with E-state index in [0.717, 1.165) is 15.6 Å². The molecular formula is C19H20N2O5S. The first-order valence-electron chi connectivity index (χ1n) is 8.50. The molecular weight excluding hydrogens is 368 g/mol. The van der Waals surface area contributed by atoms with Crippen molar-refractivity contribution in [1.82, 2.24) is 9.62 Å². The number of fused-ring (bicyclic) bond motifs is 1. The second kappa shape index (κ2) is 7.79. The summed E-state index contributed by atoms with van der Waals surface area (Å²) in [5, 5.41) is 2.74. The van der Waals surface area contributed by atoms with Crippen molar-refractivity contribution in [3.8, 4) is 5.75 Å². The minimum absolute atomic E-state index is 0.00780. The van der Waals surface area contributed by atoms with Crippen molar-refractivity contribution < 1.29 is 22.7 Å². The number of ether oxygens (including phenoxy) is 1. The summed E-state index contributed by atoms with van der Waals surface area (Å²) >= 11 is 0. The Kier molecular flexibility index (Phi) is 5.46. The zero-order chi connectivity index (χ0) is 19.4. The normalized spacial score (nSPS) is 14.7. The highest BCUT2D eigenvalue weighted by Crippen LogP contribution is 2.29. The van der Waals surface area contributed by atoms with Crippen molar-refractivity contribution in [2.24, 2.45) is 0 Å². The van der Waals surface area contributed by atoms with E-state index in [0.29, 0.717) is 13.0 Å². The molecule has 1 heterocycles. The molecule has 0 aromatic heterocycles. The Bertz CT molecular complexity index is 972. The number of methoxy groups -OCH3 is 1. The van der Waals surface area contributed by atoms with Crippen molar-refractivity contribution in [2.75, 3.05) is 20.2 Å². The average Bonchev–Trinajstić information content (AvgIpc) is 2.87. The molecule has 1 N–H and O–H groups in total. The molecule has 0 aliphatic carbocycles. The number of nitrogens with zero attached hydrogens (tertiary/aromatic N) is 1. The molecule has 0 unspecified atom stereocenters. The van der Waals surface area contributed by atoms with Crippen molar-refractivity contribution >= 4 is 21.8 Å². The number of hydrogen-bond donors (Lipinski definition) is 1. The van der Waals surface area contributed by atoms with Crippen LogP contribution in [0.1, 0.15) is 22.3 Å². The van der Waals surface area contributed by atoms with Gasteiger partial charge in [-0.15, -0.1) is 0 Å². The van der Waals surface area contributed by atoms with Gasteiger partial charge in [0.05, 0.1) is 12.7 Å². The molecule has 1 aliphatic heterocycles. The summed E-state index contributed by atoms with van der Waals surface area (Å²) in [4.78, 5) is 24.3. The Hall–Kier alpha value is -2.87. The highest BCUT2D eigenvalue weighted by molar-refractivity contribution is 7.90. The van der Waals surface area contributed by atoms with E-state index in [4.69, 9.17) is 4.74 Å². The molecule has 0 fully saturated rings. The second-order valence-corrected chi connectivity index (χ2v) is 7.87. The Morgan fingerprint density at radius 3 is 2.56 bits per heavy atom. The lowest BCUT2D eigenvalue weighted by molar-refractivity contribution is -0.121. The van der Waals surface area contributed by atoms with Gasteiger partial charge < -0.3 is 10.1 Å². The summed E-state index contributed by atoms with van der Waals surface area (Å²) < 4.78 is 30.9. The molecule has 2 amide bonds. The van der Waals surface area contributed by atoms with Gasteiger partial charge in [-0.05, 0) is 30.2 Å². The number of para-hydroxylation sites is 1. The second-order valence-electron chi connectivity index (χ2n) is 6.04. The fourth-order valence-corrected chi connectivity index (χ4v) is 4.56. The van der Waals surface area contributed by atoms with Gasteiger partial charge in [0, 0.05) is 19.5 Å². The third-order valence-electron chi connectivity index (χ3n) is 4.36. The first-order chi connectivity index (χ1) is 12.9. The van der Waals surface area contributed by atoms with E-state index in [2.05, 4.69) is 5.32 Å². The van der Waals surface area contributed by atoms with Crippen molar-refractivity contribution in [1.29, 1.82) is 0 Å². The number of hydrogen-bond acceptors (Lipinski definition) is 5. The summed E-state index contributed by atoms with van der Waals surface area (Å²) in [5.41, 5.74) is 1.11. The Morgan fingerprint density at radius 1 is 1.11 bits per heavy atom. The van der Waals surface area contributed by atoms with Crippen LogP contribution in [0, 0.1) is 0 Å². The number of carbonyl (C=O) groups excluding carboxylic acids is 2. The molecule has 3 rings (SSSR count). The van der Waals surface area contributed by atoms with Crippen LogP contribution < -0.4 is 10.1 Å². The summed E-state index contributed by atoms with van der Waals surface area (Å²) in [6, 6.07) is 13.6. The maximum Gasteiger partial charge on any atom is 0.269 e. The summed E-state index contributed by atoms with van der Waals surface area (Å²) in [6.07, 6.45) is 0.493. The monoisotopic (exact) mass is 388 g/mol. The largest absolute Gasteiger partial charge is 0.496 e. The minimum Gasteiger partial charge on any atom is -0.496 e. The van der Waals surface area contributed by atoms with Crippen LogP contribution in [0.15, 0.2) is 53.4 Å². The first kappa shape index (κ1) is 18.9. The lowest BCUT2D eigenvalue weighted by Crippen LogP contribution is -2.35. The fraction of sp³-hybridized carbons (Fsp3) is 0.263. The van der Waals surface area contributed by atoms with Gasteiger partial charge in [-0.1, -0.05) is 30.3 Å². The summed E-state index contributed by atoms with van der Waals surface area (Å²) in [5.74, 6) is -0.158. The average molecular weight is 388 g/mol. The van der Waals surface area contributed by atoms with Crippen molar-refractivity contribution in [3.63, 3.8) is 0 Å². The predicted octanol–water partition coefficient (Wildman–Crippen LogP) is 1.59. The Balaban J connectivity index is 1.53. The molecule has 0 spiro atoms. The van der Waals surface area contributed by atoms with E-state index < -0.39 is 15.9 Å². The lowest BCUT2D eigenvalue weighted by atomic mass is 10.1. The van der Waals surface area contributed by atoms with Gasteiger partial charge in [0.25, 0.3) is 15.9 Å². The Morgan fingerprint density at radius 2 is 1.81 bits per heavy atom. The molecule has 0 saturated heterocycles. The van der Waals surface area contributed by atoms with Crippen LogP contribution in [0.3, 0.4) is 0 Å². The van der Waals surface area contributed by atoms with Crippen LogP contribution in [0.4, 0.5) is 0 Å². The molecule has 0 saturated carbocycles. The summed E-state index contributed by atoms with van der Waals surface area (Å²) in [7, 11) is -2.29. The maximum absolute atomic E-state index is 12.4. The van der Waals surface area contributed by atoms with Crippen LogP contribution in [0.5, 0.6) is 5.75 Å². The number of benzene rings is 2. The van der Waals surface area contributed by atoms with E-state index in [9.17, 15) is 18.0 Å².